The smallest absolute Gasteiger partial charge is 0.297 e. The molecule has 2 aromatic rings. The van der Waals surface area contributed by atoms with Crippen molar-refractivity contribution in [2.75, 3.05) is 0 Å². The van der Waals surface area contributed by atoms with Gasteiger partial charge < -0.3 is 5.11 Å². The van der Waals surface area contributed by atoms with E-state index in [2.05, 4.69) is 15.0 Å². The van der Waals surface area contributed by atoms with Crippen LogP contribution < -0.4 is 0 Å². The number of nitrogens with zero attached hydrogens (tertiary/aromatic N) is 4. The summed E-state index contributed by atoms with van der Waals surface area (Å²) in [6.07, 6.45) is 5.40. The predicted octanol–water partition coefficient (Wildman–Crippen LogP) is 2.15. The maximum atomic E-state index is 9.68. The molecule has 2 rings (SSSR count). The second kappa shape index (κ2) is 3.92. The Bertz CT molecular complexity index is 542. The SMILES string of the molecule is CC=Cc1cnc2nc(O)n(C(C)C)c2n1. The van der Waals surface area contributed by atoms with E-state index in [0.29, 0.717) is 11.3 Å². The van der Waals surface area contributed by atoms with Gasteiger partial charge in [0.25, 0.3) is 6.01 Å². The number of hydrogen-bond donors (Lipinski definition) is 1. The third-order valence-electron chi connectivity index (χ3n) is 2.26. The molecule has 5 nitrogen and oxygen atoms in total. The summed E-state index contributed by atoms with van der Waals surface area (Å²) in [5.74, 6) is 0. The molecule has 0 aromatic carbocycles. The zero-order valence-corrected chi connectivity index (χ0v) is 9.55. The van der Waals surface area contributed by atoms with Crippen LogP contribution in [0.2, 0.25) is 0 Å². The quantitative estimate of drug-likeness (QED) is 0.838. The monoisotopic (exact) mass is 218 g/mol. The Morgan fingerprint density at radius 1 is 1.38 bits per heavy atom. The van der Waals surface area contributed by atoms with E-state index < -0.39 is 0 Å². The molecule has 0 bridgehead atoms. The Morgan fingerprint density at radius 3 is 2.75 bits per heavy atom. The number of aromatic hydroxyl groups is 1. The second-order valence-corrected chi connectivity index (χ2v) is 3.82. The fraction of sp³-hybridized carbons (Fsp3) is 0.364. The fourth-order valence-corrected chi connectivity index (χ4v) is 1.60. The van der Waals surface area contributed by atoms with Crippen LogP contribution in [-0.4, -0.2) is 24.6 Å². The molecule has 84 valence electrons. The third kappa shape index (κ3) is 1.64. The predicted molar refractivity (Wildman–Crippen MR) is 62.1 cm³/mol. The van der Waals surface area contributed by atoms with Crippen LogP contribution >= 0.6 is 0 Å². The molecule has 0 spiro atoms. The second-order valence-electron chi connectivity index (χ2n) is 3.82. The van der Waals surface area contributed by atoms with E-state index >= 15 is 0 Å². The minimum absolute atomic E-state index is 0.0392. The molecule has 0 aliphatic rings. The largest absolute Gasteiger partial charge is 0.480 e. The topological polar surface area (TPSA) is 63.8 Å². The van der Waals surface area contributed by atoms with Gasteiger partial charge in [0.15, 0.2) is 5.65 Å². The van der Waals surface area contributed by atoms with Crippen LogP contribution in [0.5, 0.6) is 6.01 Å². The van der Waals surface area contributed by atoms with Crippen LogP contribution in [0.15, 0.2) is 12.3 Å². The lowest BCUT2D eigenvalue weighted by atomic mass is 10.4. The standard InChI is InChI=1S/C11H14N4O/c1-4-5-8-6-12-9-10(13-8)15(7(2)3)11(16)14-9/h4-7H,1-3H3,(H,12,14,16). The zero-order chi connectivity index (χ0) is 11.7. The van der Waals surface area contributed by atoms with E-state index in [4.69, 9.17) is 0 Å². The van der Waals surface area contributed by atoms with Gasteiger partial charge in [-0.2, -0.15) is 4.98 Å². The number of fused-ring (bicyclic) bond motifs is 1. The molecule has 0 aliphatic carbocycles. The van der Waals surface area contributed by atoms with Crippen LogP contribution in [-0.2, 0) is 0 Å². The summed E-state index contributed by atoms with van der Waals surface area (Å²) < 4.78 is 1.66. The van der Waals surface area contributed by atoms with Crippen molar-refractivity contribution in [2.45, 2.75) is 26.8 Å². The van der Waals surface area contributed by atoms with Gasteiger partial charge in [-0.05, 0) is 26.8 Å². The molecule has 2 heterocycles. The van der Waals surface area contributed by atoms with Gasteiger partial charge in [-0.3, -0.25) is 4.57 Å². The Morgan fingerprint density at radius 2 is 2.12 bits per heavy atom. The van der Waals surface area contributed by atoms with E-state index in [-0.39, 0.29) is 12.1 Å². The van der Waals surface area contributed by atoms with Gasteiger partial charge in [-0.15, -0.1) is 0 Å². The van der Waals surface area contributed by atoms with Crippen LogP contribution in [0.3, 0.4) is 0 Å². The molecule has 1 N–H and O–H groups in total. The molecular formula is C11H14N4O. The molecule has 0 atom stereocenters. The van der Waals surface area contributed by atoms with Crippen molar-refractivity contribution in [3.05, 3.63) is 18.0 Å². The highest BCUT2D eigenvalue weighted by molar-refractivity contribution is 5.69. The van der Waals surface area contributed by atoms with Crippen molar-refractivity contribution in [2.24, 2.45) is 0 Å². The summed E-state index contributed by atoms with van der Waals surface area (Å²) in [5.41, 5.74) is 1.85. The minimum atomic E-state index is -0.0392. The molecule has 0 amide bonds. The highest BCUT2D eigenvalue weighted by atomic mass is 16.3. The van der Waals surface area contributed by atoms with Crippen molar-refractivity contribution in [1.82, 2.24) is 19.5 Å². The van der Waals surface area contributed by atoms with Gasteiger partial charge in [0.2, 0.25) is 5.65 Å². The summed E-state index contributed by atoms with van der Waals surface area (Å²) >= 11 is 0. The van der Waals surface area contributed by atoms with E-state index in [9.17, 15) is 5.11 Å². The van der Waals surface area contributed by atoms with Gasteiger partial charge >= 0.3 is 0 Å². The highest BCUT2D eigenvalue weighted by Gasteiger charge is 2.14. The Labute approximate surface area is 93.5 Å². The van der Waals surface area contributed by atoms with Crippen molar-refractivity contribution >= 4 is 17.4 Å². The summed E-state index contributed by atoms with van der Waals surface area (Å²) in [7, 11) is 0. The van der Waals surface area contributed by atoms with Gasteiger partial charge in [-0.1, -0.05) is 6.08 Å². The summed E-state index contributed by atoms with van der Waals surface area (Å²) in [4.78, 5) is 12.5. The number of aromatic nitrogens is 4. The van der Waals surface area contributed by atoms with Gasteiger partial charge in [0.05, 0.1) is 11.9 Å². The molecule has 0 fully saturated rings. The third-order valence-corrected chi connectivity index (χ3v) is 2.26. The maximum Gasteiger partial charge on any atom is 0.297 e. The van der Waals surface area contributed by atoms with Crippen LogP contribution in [0.25, 0.3) is 17.4 Å². The molecule has 16 heavy (non-hydrogen) atoms. The summed E-state index contributed by atoms with van der Waals surface area (Å²) in [6.45, 7) is 5.85. The first-order chi connectivity index (χ1) is 7.63. The number of hydrogen-bond acceptors (Lipinski definition) is 4. The lowest BCUT2D eigenvalue weighted by Crippen LogP contribution is -2.01. The van der Waals surface area contributed by atoms with Gasteiger partial charge in [0.1, 0.15) is 0 Å². The lowest BCUT2D eigenvalue weighted by Gasteiger charge is -2.07. The number of allylic oxidation sites excluding steroid dienone is 1. The Hall–Kier alpha value is -1.91. The Kier molecular flexibility index (Phi) is 2.60. The lowest BCUT2D eigenvalue weighted by molar-refractivity contribution is 0.387. The van der Waals surface area contributed by atoms with Gasteiger partial charge in [0, 0.05) is 6.04 Å². The van der Waals surface area contributed by atoms with Crippen molar-refractivity contribution in [3.63, 3.8) is 0 Å². The van der Waals surface area contributed by atoms with Crippen molar-refractivity contribution in [3.8, 4) is 6.01 Å². The van der Waals surface area contributed by atoms with E-state index in [1.807, 2.05) is 32.9 Å². The molecule has 0 unspecified atom stereocenters. The number of imidazole rings is 1. The number of rotatable bonds is 2. The average Bonchev–Trinajstić information content (AvgIpc) is 2.53. The van der Waals surface area contributed by atoms with Crippen LogP contribution in [0.1, 0.15) is 32.5 Å². The Balaban J connectivity index is 2.69. The zero-order valence-electron chi connectivity index (χ0n) is 9.55. The van der Waals surface area contributed by atoms with E-state index in [0.717, 1.165) is 5.69 Å². The fourth-order valence-electron chi connectivity index (χ4n) is 1.60. The average molecular weight is 218 g/mol. The normalized spacial score (nSPS) is 12.0. The molecule has 0 radical (unpaired) electrons. The van der Waals surface area contributed by atoms with E-state index in [1.54, 1.807) is 10.8 Å². The summed E-state index contributed by atoms with van der Waals surface area (Å²) in [5, 5.41) is 9.68. The first-order valence-corrected chi connectivity index (χ1v) is 5.20. The minimum Gasteiger partial charge on any atom is -0.480 e. The molecule has 5 heteroatoms. The highest BCUT2D eigenvalue weighted by Crippen LogP contribution is 2.22. The summed E-state index contributed by atoms with van der Waals surface area (Å²) in [6, 6.07) is 0.0581. The van der Waals surface area contributed by atoms with Crippen LogP contribution in [0, 0.1) is 0 Å². The van der Waals surface area contributed by atoms with Gasteiger partial charge in [-0.25, -0.2) is 9.97 Å². The van der Waals surface area contributed by atoms with Crippen molar-refractivity contribution < 1.29 is 5.11 Å². The molecule has 0 saturated carbocycles. The maximum absolute atomic E-state index is 9.68. The first kappa shape index (κ1) is 10.6. The molecule has 0 aliphatic heterocycles. The first-order valence-electron chi connectivity index (χ1n) is 5.20. The van der Waals surface area contributed by atoms with E-state index in [1.165, 1.54) is 0 Å². The molecule has 0 saturated heterocycles. The van der Waals surface area contributed by atoms with Crippen molar-refractivity contribution in [1.29, 1.82) is 0 Å². The van der Waals surface area contributed by atoms with Crippen LogP contribution in [0.4, 0.5) is 0 Å². The molecule has 2 aromatic heterocycles. The molecular weight excluding hydrogens is 204 g/mol.